The van der Waals surface area contributed by atoms with Gasteiger partial charge in [0.05, 0.1) is 10.8 Å². The van der Waals surface area contributed by atoms with Crippen molar-refractivity contribution in [1.29, 1.82) is 0 Å². The number of hydrogen-bond donors (Lipinski definition) is 1. The Labute approximate surface area is 92.3 Å². The highest BCUT2D eigenvalue weighted by molar-refractivity contribution is 7.85. The number of benzene rings is 1. The van der Waals surface area contributed by atoms with Crippen LogP contribution in [0.4, 0.5) is 4.39 Å². The minimum absolute atomic E-state index is 0.180. The van der Waals surface area contributed by atoms with Gasteiger partial charge in [-0.05, 0) is 31.7 Å². The van der Waals surface area contributed by atoms with E-state index in [0.29, 0.717) is 10.6 Å². The first kappa shape index (κ1) is 12.3. The summed E-state index contributed by atoms with van der Waals surface area (Å²) in [6.07, 6.45) is 0. The minimum Gasteiger partial charge on any atom is -0.314 e. The van der Waals surface area contributed by atoms with Gasteiger partial charge >= 0.3 is 0 Å². The van der Waals surface area contributed by atoms with Crippen LogP contribution in [-0.4, -0.2) is 22.5 Å². The summed E-state index contributed by atoms with van der Waals surface area (Å²) in [5.41, 5.74) is 0. The maximum atomic E-state index is 12.9. The van der Waals surface area contributed by atoms with Gasteiger partial charge in [0.2, 0.25) is 0 Å². The predicted molar refractivity (Wildman–Crippen MR) is 60.8 cm³/mol. The molecular formula is C11H16FNOS. The fourth-order valence-electron chi connectivity index (χ4n) is 1.34. The van der Waals surface area contributed by atoms with Crippen molar-refractivity contribution in [3.8, 4) is 0 Å². The van der Waals surface area contributed by atoms with Crippen molar-refractivity contribution in [2.45, 2.75) is 24.8 Å². The molecule has 0 radical (unpaired) electrons. The molecule has 0 amide bonds. The van der Waals surface area contributed by atoms with Gasteiger partial charge in [-0.1, -0.05) is 13.0 Å². The first-order chi connectivity index (χ1) is 7.13. The van der Waals surface area contributed by atoms with Crippen molar-refractivity contribution in [3.63, 3.8) is 0 Å². The van der Waals surface area contributed by atoms with E-state index in [1.54, 1.807) is 12.1 Å². The highest BCUT2D eigenvalue weighted by atomic mass is 32.2. The maximum Gasteiger partial charge on any atom is 0.124 e. The second kappa shape index (κ2) is 5.98. The molecule has 2 atom stereocenters. The molecule has 0 saturated carbocycles. The summed E-state index contributed by atoms with van der Waals surface area (Å²) in [4.78, 5) is 0.555. The molecule has 0 spiro atoms. The van der Waals surface area contributed by atoms with E-state index in [4.69, 9.17) is 0 Å². The van der Waals surface area contributed by atoms with Crippen molar-refractivity contribution in [1.82, 2.24) is 5.32 Å². The van der Waals surface area contributed by atoms with Crippen molar-refractivity contribution in [3.05, 3.63) is 30.1 Å². The van der Waals surface area contributed by atoms with Gasteiger partial charge in [0.1, 0.15) is 5.82 Å². The fraction of sp³-hybridized carbons (Fsp3) is 0.455. The number of halogens is 1. The first-order valence-corrected chi connectivity index (χ1v) is 6.32. The summed E-state index contributed by atoms with van der Waals surface area (Å²) in [6, 6.07) is 6.14. The van der Waals surface area contributed by atoms with E-state index in [1.165, 1.54) is 12.1 Å². The third-order valence-electron chi connectivity index (χ3n) is 2.01. The van der Waals surface area contributed by atoms with Crippen LogP contribution in [-0.2, 0) is 10.8 Å². The van der Waals surface area contributed by atoms with Gasteiger partial charge in [-0.25, -0.2) is 4.39 Å². The molecule has 2 unspecified atom stereocenters. The molecule has 2 nitrogen and oxygen atoms in total. The van der Waals surface area contributed by atoms with Crippen LogP contribution in [0.1, 0.15) is 13.8 Å². The minimum atomic E-state index is -1.13. The molecule has 1 aromatic carbocycles. The highest BCUT2D eigenvalue weighted by Gasteiger charge is 2.09. The Morgan fingerprint density at radius 3 is 2.87 bits per heavy atom. The molecule has 15 heavy (non-hydrogen) atoms. The first-order valence-electron chi connectivity index (χ1n) is 5.00. The smallest absolute Gasteiger partial charge is 0.124 e. The molecular weight excluding hydrogens is 213 g/mol. The Morgan fingerprint density at radius 1 is 1.53 bits per heavy atom. The molecule has 0 bridgehead atoms. The van der Waals surface area contributed by atoms with Crippen LogP contribution in [0.2, 0.25) is 0 Å². The molecule has 0 saturated heterocycles. The third kappa shape index (κ3) is 4.10. The molecule has 0 aliphatic rings. The quantitative estimate of drug-likeness (QED) is 0.836. The summed E-state index contributed by atoms with van der Waals surface area (Å²) < 4.78 is 24.6. The number of hydrogen-bond acceptors (Lipinski definition) is 2. The van der Waals surface area contributed by atoms with E-state index in [-0.39, 0.29) is 11.9 Å². The fourth-order valence-corrected chi connectivity index (χ4v) is 2.58. The largest absolute Gasteiger partial charge is 0.314 e. The van der Waals surface area contributed by atoms with Crippen molar-refractivity contribution >= 4 is 10.8 Å². The molecule has 0 aliphatic carbocycles. The van der Waals surface area contributed by atoms with Crippen LogP contribution in [0.15, 0.2) is 29.2 Å². The van der Waals surface area contributed by atoms with Gasteiger partial charge in [0, 0.05) is 16.7 Å². The lowest BCUT2D eigenvalue weighted by Gasteiger charge is -2.11. The van der Waals surface area contributed by atoms with Gasteiger partial charge in [0.25, 0.3) is 0 Å². The average molecular weight is 229 g/mol. The molecule has 84 valence electrons. The summed E-state index contributed by atoms with van der Waals surface area (Å²) in [6.45, 7) is 4.82. The Morgan fingerprint density at radius 2 is 2.27 bits per heavy atom. The lowest BCUT2D eigenvalue weighted by molar-refractivity contribution is 0.605. The van der Waals surface area contributed by atoms with Gasteiger partial charge in [-0.2, -0.15) is 0 Å². The Balaban J connectivity index is 2.61. The third-order valence-corrected chi connectivity index (χ3v) is 3.60. The Kier molecular flexibility index (Phi) is 4.91. The van der Waals surface area contributed by atoms with Crippen molar-refractivity contribution in [2.24, 2.45) is 0 Å². The zero-order chi connectivity index (χ0) is 11.3. The average Bonchev–Trinajstić information content (AvgIpc) is 2.18. The normalized spacial score (nSPS) is 14.9. The van der Waals surface area contributed by atoms with E-state index >= 15 is 0 Å². The molecule has 1 aromatic rings. The topological polar surface area (TPSA) is 29.1 Å². The molecule has 0 aliphatic heterocycles. The number of nitrogens with one attached hydrogen (secondary N) is 1. The van der Waals surface area contributed by atoms with Crippen LogP contribution < -0.4 is 5.32 Å². The molecule has 4 heteroatoms. The predicted octanol–water partition coefficient (Wildman–Crippen LogP) is 1.93. The summed E-state index contributed by atoms with van der Waals surface area (Å²) in [5, 5.41) is 3.17. The van der Waals surface area contributed by atoms with Gasteiger partial charge < -0.3 is 5.32 Å². The lowest BCUT2D eigenvalue weighted by Crippen LogP contribution is -2.30. The highest BCUT2D eigenvalue weighted by Crippen LogP contribution is 2.09. The molecule has 0 heterocycles. The Hall–Kier alpha value is -0.740. The van der Waals surface area contributed by atoms with Gasteiger partial charge in [-0.15, -0.1) is 0 Å². The van der Waals surface area contributed by atoms with E-state index in [2.05, 4.69) is 5.32 Å². The van der Waals surface area contributed by atoms with Gasteiger partial charge in [-0.3, -0.25) is 4.21 Å². The summed E-state index contributed by atoms with van der Waals surface area (Å²) >= 11 is 0. The van der Waals surface area contributed by atoms with Crippen LogP contribution in [0.25, 0.3) is 0 Å². The maximum absolute atomic E-state index is 12.9. The number of rotatable bonds is 5. The molecule has 1 rings (SSSR count). The van der Waals surface area contributed by atoms with Crippen LogP contribution in [0.3, 0.4) is 0 Å². The molecule has 1 N–H and O–H groups in total. The van der Waals surface area contributed by atoms with Crippen molar-refractivity contribution < 1.29 is 8.60 Å². The van der Waals surface area contributed by atoms with Crippen LogP contribution in [0, 0.1) is 5.82 Å². The standard InChI is InChI=1S/C11H16FNOS/c1-3-13-9(2)8-15(14)11-6-4-5-10(12)7-11/h4-7,9,13H,3,8H2,1-2H3. The lowest BCUT2D eigenvalue weighted by atomic mass is 10.3. The van der Waals surface area contributed by atoms with E-state index in [1.807, 2.05) is 13.8 Å². The Bertz CT molecular complexity index is 343. The van der Waals surface area contributed by atoms with Gasteiger partial charge in [0.15, 0.2) is 0 Å². The summed E-state index contributed by atoms with van der Waals surface area (Å²) in [7, 11) is -1.13. The van der Waals surface area contributed by atoms with Crippen LogP contribution in [0.5, 0.6) is 0 Å². The zero-order valence-electron chi connectivity index (χ0n) is 9.00. The van der Waals surface area contributed by atoms with Crippen LogP contribution >= 0.6 is 0 Å². The van der Waals surface area contributed by atoms with E-state index in [0.717, 1.165) is 6.54 Å². The van der Waals surface area contributed by atoms with Crippen molar-refractivity contribution in [2.75, 3.05) is 12.3 Å². The second-order valence-electron chi connectivity index (χ2n) is 3.43. The SMILES string of the molecule is CCNC(C)CS(=O)c1cccc(F)c1. The van der Waals surface area contributed by atoms with E-state index in [9.17, 15) is 8.60 Å². The summed E-state index contributed by atoms with van der Waals surface area (Å²) in [5.74, 6) is 0.175. The second-order valence-corrected chi connectivity index (χ2v) is 4.92. The zero-order valence-corrected chi connectivity index (χ0v) is 9.81. The monoisotopic (exact) mass is 229 g/mol. The van der Waals surface area contributed by atoms with E-state index < -0.39 is 10.8 Å². The molecule has 0 fully saturated rings. The molecule has 0 aromatic heterocycles.